The molecule has 0 aromatic carbocycles. The third-order valence-electron chi connectivity index (χ3n) is 4.56. The van der Waals surface area contributed by atoms with E-state index in [2.05, 4.69) is 19.9 Å². The highest BCUT2D eigenvalue weighted by Gasteiger charge is 2.50. The Labute approximate surface area is 150 Å². The van der Waals surface area contributed by atoms with Gasteiger partial charge in [-0.3, -0.25) is 0 Å². The van der Waals surface area contributed by atoms with Gasteiger partial charge in [-0.05, 0) is 12.1 Å². The topological polar surface area (TPSA) is 54.4 Å². The van der Waals surface area contributed by atoms with E-state index in [-0.39, 0.29) is 16.7 Å². The van der Waals surface area contributed by atoms with Crippen molar-refractivity contribution in [3.63, 3.8) is 0 Å². The number of ether oxygens (including phenoxy) is 1. The first-order valence-corrected chi connectivity index (χ1v) is 9.19. The van der Waals surface area contributed by atoms with Crippen LogP contribution >= 0.6 is 11.8 Å². The summed E-state index contributed by atoms with van der Waals surface area (Å²) >= 11 is 1.90. The van der Waals surface area contributed by atoms with Crippen LogP contribution in [0.5, 0.6) is 5.88 Å². The Kier molecular flexibility index (Phi) is 4.15. The maximum atomic E-state index is 13.7. The lowest BCUT2D eigenvalue weighted by molar-refractivity contribution is 0.185. The minimum atomic E-state index is -0.402. The molecule has 2 aromatic heterocycles. The molecule has 1 spiro atoms. The van der Waals surface area contributed by atoms with Gasteiger partial charge in [-0.1, -0.05) is 0 Å². The van der Waals surface area contributed by atoms with Crippen LogP contribution in [-0.4, -0.2) is 58.7 Å². The van der Waals surface area contributed by atoms with E-state index in [1.807, 2.05) is 36.8 Å². The fraction of sp³-hybridized carbons (Fsp3) is 0.471. The summed E-state index contributed by atoms with van der Waals surface area (Å²) < 4.78 is 19.6. The van der Waals surface area contributed by atoms with Crippen LogP contribution in [0, 0.1) is 5.82 Å². The predicted octanol–water partition coefficient (Wildman–Crippen LogP) is 2.22. The van der Waals surface area contributed by atoms with Crippen molar-refractivity contribution in [1.29, 1.82) is 0 Å². The van der Waals surface area contributed by atoms with Gasteiger partial charge in [0.25, 0.3) is 5.88 Å². The van der Waals surface area contributed by atoms with E-state index in [4.69, 9.17) is 4.74 Å². The van der Waals surface area contributed by atoms with Gasteiger partial charge in [0.2, 0.25) is 0 Å². The number of hydrogen-bond acceptors (Lipinski definition) is 7. The van der Waals surface area contributed by atoms with Crippen molar-refractivity contribution in [3.8, 4) is 5.88 Å². The average Bonchev–Trinajstić information content (AvgIpc) is 3.00. The number of aromatic nitrogens is 3. The van der Waals surface area contributed by atoms with Crippen LogP contribution in [0.15, 0.2) is 30.7 Å². The second-order valence-electron chi connectivity index (χ2n) is 6.71. The largest absolute Gasteiger partial charge is 0.471 e. The van der Waals surface area contributed by atoms with Gasteiger partial charge in [0, 0.05) is 51.6 Å². The van der Waals surface area contributed by atoms with Gasteiger partial charge in [0.1, 0.15) is 24.1 Å². The van der Waals surface area contributed by atoms with Crippen molar-refractivity contribution in [1.82, 2.24) is 15.0 Å². The quantitative estimate of drug-likeness (QED) is 0.828. The lowest BCUT2D eigenvalue weighted by Gasteiger charge is -2.48. The Morgan fingerprint density at radius 2 is 2.16 bits per heavy atom. The van der Waals surface area contributed by atoms with Gasteiger partial charge in [0.15, 0.2) is 5.82 Å². The smallest absolute Gasteiger partial charge is 0.250 e. The molecule has 0 aliphatic carbocycles. The monoisotopic (exact) mass is 361 g/mol. The Morgan fingerprint density at radius 1 is 1.32 bits per heavy atom. The molecule has 1 unspecified atom stereocenters. The van der Waals surface area contributed by atoms with Gasteiger partial charge >= 0.3 is 0 Å². The Bertz CT molecular complexity index is 768. The number of rotatable bonds is 4. The molecule has 4 rings (SSSR count). The number of hydrogen-bond donors (Lipinski definition) is 0. The molecule has 0 radical (unpaired) electrons. The molecule has 0 bridgehead atoms. The summed E-state index contributed by atoms with van der Waals surface area (Å²) in [7, 11) is 3.93. The van der Waals surface area contributed by atoms with Crippen molar-refractivity contribution in [3.05, 3.63) is 36.5 Å². The van der Waals surface area contributed by atoms with Crippen molar-refractivity contribution < 1.29 is 9.13 Å². The third kappa shape index (κ3) is 3.22. The number of anilines is 2. The molecule has 1 atom stereocenters. The Morgan fingerprint density at radius 3 is 2.92 bits per heavy atom. The van der Waals surface area contributed by atoms with E-state index in [1.54, 1.807) is 18.6 Å². The number of pyridine rings is 1. The summed E-state index contributed by atoms with van der Waals surface area (Å²) in [4.78, 5) is 16.8. The van der Waals surface area contributed by atoms with Crippen LogP contribution in [0.4, 0.5) is 16.0 Å². The Hall–Kier alpha value is -2.09. The highest BCUT2D eigenvalue weighted by Crippen LogP contribution is 2.47. The molecule has 2 aromatic rings. The molecule has 8 heteroatoms. The number of nitrogens with zero attached hydrogens (tertiary/aromatic N) is 5. The molecule has 2 aliphatic rings. The molecule has 25 heavy (non-hydrogen) atoms. The molecule has 0 amide bonds. The van der Waals surface area contributed by atoms with Gasteiger partial charge in [-0.25, -0.2) is 19.3 Å². The maximum Gasteiger partial charge on any atom is 0.250 e. The number of thioether (sulfide) groups is 1. The zero-order valence-electron chi connectivity index (χ0n) is 14.2. The van der Waals surface area contributed by atoms with Gasteiger partial charge in [-0.15, -0.1) is 11.8 Å². The van der Waals surface area contributed by atoms with Crippen LogP contribution in [0.3, 0.4) is 0 Å². The third-order valence-corrected chi connectivity index (χ3v) is 6.13. The van der Waals surface area contributed by atoms with Crippen LogP contribution < -0.4 is 14.5 Å². The minimum absolute atomic E-state index is 0.000662. The van der Waals surface area contributed by atoms with E-state index >= 15 is 0 Å². The fourth-order valence-electron chi connectivity index (χ4n) is 3.28. The summed E-state index contributed by atoms with van der Waals surface area (Å²) in [6, 6.07) is 4.95. The molecule has 6 nitrogen and oxygen atoms in total. The molecule has 2 aliphatic heterocycles. The zero-order chi connectivity index (χ0) is 17.4. The van der Waals surface area contributed by atoms with E-state index < -0.39 is 5.82 Å². The highest BCUT2D eigenvalue weighted by atomic mass is 32.2. The lowest BCUT2D eigenvalue weighted by Crippen LogP contribution is -2.59. The fourth-order valence-corrected chi connectivity index (χ4v) is 4.80. The molecule has 2 fully saturated rings. The first kappa shape index (κ1) is 16.4. The van der Waals surface area contributed by atoms with Crippen molar-refractivity contribution >= 4 is 23.4 Å². The summed E-state index contributed by atoms with van der Waals surface area (Å²) in [6.07, 6.45) is 4.06. The minimum Gasteiger partial charge on any atom is -0.471 e. The zero-order valence-corrected chi connectivity index (χ0v) is 15.0. The van der Waals surface area contributed by atoms with Gasteiger partial charge in [0.05, 0.1) is 4.75 Å². The predicted molar refractivity (Wildman–Crippen MR) is 97.0 cm³/mol. The molecular weight excluding hydrogens is 341 g/mol. The first-order chi connectivity index (χ1) is 12.0. The summed E-state index contributed by atoms with van der Waals surface area (Å²) in [5.41, 5.74) is 0. The normalized spacial score (nSPS) is 21.2. The van der Waals surface area contributed by atoms with Crippen molar-refractivity contribution in [2.45, 2.75) is 17.3 Å². The second kappa shape index (κ2) is 6.33. The number of halogens is 1. The van der Waals surface area contributed by atoms with Crippen molar-refractivity contribution in [2.24, 2.45) is 0 Å². The van der Waals surface area contributed by atoms with E-state index in [1.165, 1.54) is 6.07 Å². The van der Waals surface area contributed by atoms with Crippen LogP contribution in [0.1, 0.15) is 6.42 Å². The maximum absolute atomic E-state index is 13.7. The molecule has 0 saturated carbocycles. The van der Waals surface area contributed by atoms with Crippen LogP contribution in [0.25, 0.3) is 0 Å². The van der Waals surface area contributed by atoms with E-state index in [9.17, 15) is 4.39 Å². The van der Waals surface area contributed by atoms with Gasteiger partial charge < -0.3 is 14.5 Å². The molecule has 0 N–H and O–H groups in total. The average molecular weight is 361 g/mol. The van der Waals surface area contributed by atoms with Crippen LogP contribution in [0.2, 0.25) is 0 Å². The highest BCUT2D eigenvalue weighted by molar-refractivity contribution is 8.01. The standard InChI is InChI=1S/C17H20FN5OS/c1-22(2)14-6-15(21-11-20-14)23-9-17(10-23)7-12(8-25-17)24-16-13(18)4-3-5-19-16/h3-6,11-12H,7-10H2,1-2H3. The van der Waals surface area contributed by atoms with Crippen LogP contribution in [-0.2, 0) is 0 Å². The Balaban J connectivity index is 1.37. The van der Waals surface area contributed by atoms with E-state index in [0.717, 1.165) is 36.9 Å². The molecule has 132 valence electrons. The molecular formula is C17H20FN5OS. The second-order valence-corrected chi connectivity index (χ2v) is 8.20. The molecule has 2 saturated heterocycles. The summed E-state index contributed by atoms with van der Waals surface area (Å²) in [5.74, 6) is 2.41. The SMILES string of the molecule is CN(C)c1cc(N2CC3(CC(Oc4ncccc4F)CS3)C2)ncn1. The van der Waals surface area contributed by atoms with Crippen molar-refractivity contribution in [2.75, 3.05) is 42.7 Å². The molecule has 4 heterocycles. The van der Waals surface area contributed by atoms with E-state index in [0.29, 0.717) is 0 Å². The van der Waals surface area contributed by atoms with Gasteiger partial charge in [-0.2, -0.15) is 0 Å². The summed E-state index contributed by atoms with van der Waals surface area (Å²) in [5, 5.41) is 0. The summed E-state index contributed by atoms with van der Waals surface area (Å²) in [6.45, 7) is 1.85. The lowest BCUT2D eigenvalue weighted by atomic mass is 9.93. The first-order valence-electron chi connectivity index (χ1n) is 8.20.